The van der Waals surface area contributed by atoms with Crippen molar-refractivity contribution in [3.63, 3.8) is 0 Å². The Labute approximate surface area is 119 Å². The number of methoxy groups -OCH3 is 2. The van der Waals surface area contributed by atoms with E-state index in [1.54, 1.807) is 26.4 Å². The van der Waals surface area contributed by atoms with E-state index in [-0.39, 0.29) is 5.91 Å². The molecule has 1 aromatic rings. The fourth-order valence-corrected chi connectivity index (χ4v) is 2.69. The molecule has 1 heterocycles. The average Bonchev–Trinajstić information content (AvgIpc) is 2.94. The average molecular weight is 278 g/mol. The molecule has 1 unspecified atom stereocenters. The first kappa shape index (κ1) is 14.7. The van der Waals surface area contributed by atoms with Gasteiger partial charge in [0.1, 0.15) is 17.1 Å². The fourth-order valence-electron chi connectivity index (χ4n) is 2.69. The molecular formula is C15H22N2O3. The van der Waals surface area contributed by atoms with Gasteiger partial charge in [0, 0.05) is 13.1 Å². The Morgan fingerprint density at radius 1 is 1.35 bits per heavy atom. The molecule has 20 heavy (non-hydrogen) atoms. The summed E-state index contributed by atoms with van der Waals surface area (Å²) >= 11 is 0. The molecule has 110 valence electrons. The van der Waals surface area contributed by atoms with Crippen LogP contribution in [-0.2, 0) is 0 Å². The van der Waals surface area contributed by atoms with Gasteiger partial charge >= 0.3 is 0 Å². The molecule has 1 saturated heterocycles. The number of carbonyl (C=O) groups is 1. The highest BCUT2D eigenvalue weighted by Gasteiger charge is 2.29. The van der Waals surface area contributed by atoms with Crippen LogP contribution in [0, 0.1) is 5.92 Å². The van der Waals surface area contributed by atoms with E-state index in [1.807, 2.05) is 18.0 Å². The van der Waals surface area contributed by atoms with E-state index in [0.29, 0.717) is 23.0 Å². The lowest BCUT2D eigenvalue weighted by Crippen LogP contribution is -2.31. The summed E-state index contributed by atoms with van der Waals surface area (Å²) in [6, 6.07) is 5.40. The molecule has 0 aromatic heterocycles. The van der Waals surface area contributed by atoms with Crippen molar-refractivity contribution in [2.24, 2.45) is 5.92 Å². The zero-order chi connectivity index (χ0) is 14.5. The number of nitrogens with zero attached hydrogens (tertiary/aromatic N) is 1. The lowest BCUT2D eigenvalue weighted by atomic mass is 10.1. The van der Waals surface area contributed by atoms with Crippen LogP contribution in [0.5, 0.6) is 11.5 Å². The van der Waals surface area contributed by atoms with Crippen molar-refractivity contribution in [1.29, 1.82) is 0 Å². The van der Waals surface area contributed by atoms with Crippen LogP contribution >= 0.6 is 0 Å². The van der Waals surface area contributed by atoms with Crippen molar-refractivity contribution in [3.8, 4) is 11.5 Å². The maximum atomic E-state index is 12.7. The molecule has 1 aliphatic rings. The predicted molar refractivity (Wildman–Crippen MR) is 77.5 cm³/mol. The molecule has 1 fully saturated rings. The molecule has 0 saturated carbocycles. The smallest absolute Gasteiger partial charge is 0.261 e. The number of benzene rings is 1. The molecule has 1 aromatic carbocycles. The van der Waals surface area contributed by atoms with Crippen molar-refractivity contribution < 1.29 is 14.3 Å². The van der Waals surface area contributed by atoms with Gasteiger partial charge in [-0.1, -0.05) is 6.07 Å². The van der Waals surface area contributed by atoms with Gasteiger partial charge in [-0.05, 0) is 38.1 Å². The number of likely N-dealkylation sites (tertiary alicyclic amines) is 1. The number of nitrogens with one attached hydrogen (secondary N) is 1. The van der Waals surface area contributed by atoms with Crippen molar-refractivity contribution in [2.75, 3.05) is 40.9 Å². The van der Waals surface area contributed by atoms with Gasteiger partial charge in [0.2, 0.25) is 0 Å². The third-order valence-electron chi connectivity index (χ3n) is 3.71. The molecular weight excluding hydrogens is 256 g/mol. The second-order valence-electron chi connectivity index (χ2n) is 5.00. The second-order valence-corrected chi connectivity index (χ2v) is 5.00. The lowest BCUT2D eigenvalue weighted by molar-refractivity contribution is 0.0780. The molecule has 5 nitrogen and oxygen atoms in total. The number of hydrogen-bond acceptors (Lipinski definition) is 4. The highest BCUT2D eigenvalue weighted by molar-refractivity contribution is 5.99. The summed E-state index contributed by atoms with van der Waals surface area (Å²) in [5.74, 6) is 1.63. The van der Waals surface area contributed by atoms with E-state index in [4.69, 9.17) is 9.47 Å². The number of hydrogen-bond donors (Lipinski definition) is 1. The zero-order valence-electron chi connectivity index (χ0n) is 12.3. The van der Waals surface area contributed by atoms with Gasteiger partial charge in [0.15, 0.2) is 0 Å². The van der Waals surface area contributed by atoms with E-state index < -0.39 is 0 Å². The first-order valence-electron chi connectivity index (χ1n) is 6.86. The topological polar surface area (TPSA) is 50.8 Å². The summed E-state index contributed by atoms with van der Waals surface area (Å²) < 4.78 is 10.6. The SMILES string of the molecule is CNCC1CCN(C(=O)c2c(OC)cccc2OC)C1. The maximum Gasteiger partial charge on any atom is 0.261 e. The monoisotopic (exact) mass is 278 g/mol. The van der Waals surface area contributed by atoms with E-state index in [2.05, 4.69) is 5.32 Å². The normalized spacial score (nSPS) is 18.1. The van der Waals surface area contributed by atoms with Gasteiger partial charge in [0.05, 0.1) is 14.2 Å². The van der Waals surface area contributed by atoms with Gasteiger partial charge in [0.25, 0.3) is 5.91 Å². The summed E-state index contributed by atoms with van der Waals surface area (Å²) in [4.78, 5) is 14.6. The fraction of sp³-hybridized carbons (Fsp3) is 0.533. The van der Waals surface area contributed by atoms with Crippen LogP contribution < -0.4 is 14.8 Å². The van der Waals surface area contributed by atoms with Crippen LogP contribution in [0.3, 0.4) is 0 Å². The molecule has 5 heteroatoms. The summed E-state index contributed by atoms with van der Waals surface area (Å²) in [5.41, 5.74) is 0.516. The van der Waals surface area contributed by atoms with Crippen molar-refractivity contribution in [1.82, 2.24) is 10.2 Å². The Kier molecular flexibility index (Phi) is 4.84. The molecule has 0 spiro atoms. The van der Waals surface area contributed by atoms with Crippen LogP contribution in [0.15, 0.2) is 18.2 Å². The molecule has 1 aliphatic heterocycles. The van der Waals surface area contributed by atoms with Gasteiger partial charge in [-0.15, -0.1) is 0 Å². The van der Waals surface area contributed by atoms with Crippen LogP contribution in [0.25, 0.3) is 0 Å². The standard InChI is InChI=1S/C15H22N2O3/c1-16-9-11-7-8-17(10-11)15(18)14-12(19-2)5-4-6-13(14)20-3/h4-6,11,16H,7-10H2,1-3H3. The van der Waals surface area contributed by atoms with Crippen LogP contribution in [0.2, 0.25) is 0 Å². The Bertz CT molecular complexity index is 454. The second kappa shape index (κ2) is 6.61. The molecule has 1 N–H and O–H groups in total. The maximum absolute atomic E-state index is 12.7. The summed E-state index contributed by atoms with van der Waals surface area (Å²) in [5, 5.41) is 3.17. The first-order chi connectivity index (χ1) is 9.71. The molecule has 1 atom stereocenters. The minimum atomic E-state index is -0.0158. The highest BCUT2D eigenvalue weighted by atomic mass is 16.5. The molecule has 0 bridgehead atoms. The van der Waals surface area contributed by atoms with Crippen LogP contribution in [0.1, 0.15) is 16.8 Å². The van der Waals surface area contributed by atoms with Crippen molar-refractivity contribution in [3.05, 3.63) is 23.8 Å². The zero-order valence-corrected chi connectivity index (χ0v) is 12.3. The molecule has 1 amide bonds. The molecule has 2 rings (SSSR count). The Morgan fingerprint density at radius 2 is 2.00 bits per heavy atom. The van der Waals surface area contributed by atoms with E-state index in [1.165, 1.54) is 0 Å². The van der Waals surface area contributed by atoms with Gasteiger partial charge in [-0.2, -0.15) is 0 Å². The summed E-state index contributed by atoms with van der Waals surface area (Å²) in [6.07, 6.45) is 1.03. The van der Waals surface area contributed by atoms with Gasteiger partial charge in [-0.25, -0.2) is 0 Å². The summed E-state index contributed by atoms with van der Waals surface area (Å²) in [6.45, 7) is 2.50. The minimum Gasteiger partial charge on any atom is -0.496 e. The van der Waals surface area contributed by atoms with E-state index in [0.717, 1.165) is 26.1 Å². The van der Waals surface area contributed by atoms with Gasteiger partial charge < -0.3 is 19.7 Å². The van der Waals surface area contributed by atoms with Gasteiger partial charge in [-0.3, -0.25) is 4.79 Å². The first-order valence-corrected chi connectivity index (χ1v) is 6.86. The third kappa shape index (κ3) is 2.88. The van der Waals surface area contributed by atoms with E-state index >= 15 is 0 Å². The minimum absolute atomic E-state index is 0.0158. The Hall–Kier alpha value is -1.75. The largest absolute Gasteiger partial charge is 0.496 e. The van der Waals surface area contributed by atoms with Crippen molar-refractivity contribution in [2.45, 2.75) is 6.42 Å². The number of rotatable bonds is 5. The van der Waals surface area contributed by atoms with Crippen LogP contribution in [-0.4, -0.2) is 51.7 Å². The lowest BCUT2D eigenvalue weighted by Gasteiger charge is -2.20. The third-order valence-corrected chi connectivity index (χ3v) is 3.71. The Morgan fingerprint density at radius 3 is 2.55 bits per heavy atom. The predicted octanol–water partition coefficient (Wildman–Crippen LogP) is 1.39. The molecule has 0 radical (unpaired) electrons. The van der Waals surface area contributed by atoms with Crippen LogP contribution in [0.4, 0.5) is 0 Å². The summed E-state index contributed by atoms with van der Waals surface area (Å²) in [7, 11) is 5.08. The number of carbonyl (C=O) groups excluding carboxylic acids is 1. The quantitative estimate of drug-likeness (QED) is 0.884. The molecule has 0 aliphatic carbocycles. The highest BCUT2D eigenvalue weighted by Crippen LogP contribution is 2.31. The Balaban J connectivity index is 2.21. The number of ether oxygens (including phenoxy) is 2. The van der Waals surface area contributed by atoms with E-state index in [9.17, 15) is 4.79 Å². The van der Waals surface area contributed by atoms with Crippen molar-refractivity contribution >= 4 is 5.91 Å². The number of amides is 1.